The summed E-state index contributed by atoms with van der Waals surface area (Å²) in [5.74, 6) is 0.515. The second-order valence-electron chi connectivity index (χ2n) is 8.65. The van der Waals surface area contributed by atoms with Crippen molar-refractivity contribution in [1.29, 1.82) is 0 Å². The molecular weight excluding hydrogens is 481 g/mol. The molecule has 0 unspecified atom stereocenters. The van der Waals surface area contributed by atoms with E-state index in [1.165, 1.54) is 12.1 Å². The molecule has 0 bridgehead atoms. The molecule has 3 heterocycles. The number of hydrogen-bond acceptors (Lipinski definition) is 5. The maximum atomic E-state index is 13.7. The molecule has 0 saturated carbocycles. The molecule has 0 atom stereocenters. The number of fused-ring (bicyclic) bond motifs is 1. The molecule has 0 aliphatic carbocycles. The highest BCUT2D eigenvalue weighted by Crippen LogP contribution is 2.33. The Balaban J connectivity index is 1.33. The van der Waals surface area contributed by atoms with Crippen molar-refractivity contribution in [3.63, 3.8) is 0 Å². The number of carbonyl (C=O) groups excluding carboxylic acids is 1. The van der Waals surface area contributed by atoms with Crippen LogP contribution in [-0.4, -0.2) is 30.2 Å². The Morgan fingerprint density at radius 3 is 2.63 bits per heavy atom. The first kappa shape index (κ1) is 23.1. The van der Waals surface area contributed by atoms with E-state index < -0.39 is 0 Å². The molecule has 3 aromatic heterocycles. The van der Waals surface area contributed by atoms with Crippen LogP contribution in [-0.2, 0) is 11.2 Å². The van der Waals surface area contributed by atoms with Gasteiger partial charge in [0, 0.05) is 35.5 Å². The number of hydrogen-bond donors (Lipinski definition) is 3. The van der Waals surface area contributed by atoms with E-state index in [4.69, 9.17) is 4.98 Å². The van der Waals surface area contributed by atoms with Crippen LogP contribution in [0.2, 0.25) is 0 Å². The zero-order valence-electron chi connectivity index (χ0n) is 20.1. The molecule has 0 spiro atoms. The SMILES string of the molecule is O=C(Cc1ccccc1)Nc1cccc(-c2nc3[nH]ccn3c2-c2ccnc(Nc3cccc(F)c3)n2)c1. The molecule has 6 rings (SSSR count). The average Bonchev–Trinajstić information content (AvgIpc) is 3.51. The van der Waals surface area contributed by atoms with Crippen molar-refractivity contribution in [2.24, 2.45) is 0 Å². The fourth-order valence-electron chi connectivity index (χ4n) is 4.29. The Labute approximate surface area is 217 Å². The summed E-state index contributed by atoms with van der Waals surface area (Å²) >= 11 is 0. The van der Waals surface area contributed by atoms with Crippen molar-refractivity contribution in [3.8, 4) is 22.6 Å². The van der Waals surface area contributed by atoms with Crippen LogP contribution in [0.25, 0.3) is 28.4 Å². The van der Waals surface area contributed by atoms with Gasteiger partial charge in [-0.3, -0.25) is 9.20 Å². The van der Waals surface area contributed by atoms with E-state index in [1.54, 1.807) is 30.6 Å². The van der Waals surface area contributed by atoms with E-state index in [0.29, 0.717) is 34.5 Å². The topological polar surface area (TPSA) is 100 Å². The lowest BCUT2D eigenvalue weighted by Crippen LogP contribution is -2.14. The van der Waals surface area contributed by atoms with E-state index in [0.717, 1.165) is 16.8 Å². The third-order valence-electron chi connectivity index (χ3n) is 5.95. The van der Waals surface area contributed by atoms with Crippen LogP contribution in [0.3, 0.4) is 0 Å². The second-order valence-corrected chi connectivity index (χ2v) is 8.65. The zero-order chi connectivity index (χ0) is 25.9. The smallest absolute Gasteiger partial charge is 0.228 e. The van der Waals surface area contributed by atoms with Gasteiger partial charge in [-0.25, -0.2) is 19.3 Å². The maximum Gasteiger partial charge on any atom is 0.228 e. The maximum absolute atomic E-state index is 13.7. The standard InChI is InChI=1S/C29H22FN7O/c30-21-9-5-11-23(18-21)34-28-31-13-12-24(35-28)27-26(36-29-32-14-15-37(27)29)20-8-4-10-22(17-20)33-25(38)16-19-6-2-1-3-7-19/h1-15,17-18H,16H2,(H,32,36)(H,33,38)(H,31,34,35). The van der Waals surface area contributed by atoms with Crippen molar-refractivity contribution < 1.29 is 9.18 Å². The molecule has 3 aromatic carbocycles. The number of rotatable bonds is 7. The molecule has 0 fully saturated rings. The first-order valence-corrected chi connectivity index (χ1v) is 12.0. The van der Waals surface area contributed by atoms with Crippen LogP contribution in [0.5, 0.6) is 0 Å². The number of H-pyrrole nitrogens is 1. The van der Waals surface area contributed by atoms with Gasteiger partial charge < -0.3 is 15.6 Å². The van der Waals surface area contributed by atoms with Gasteiger partial charge in [0.1, 0.15) is 17.2 Å². The van der Waals surface area contributed by atoms with Crippen LogP contribution < -0.4 is 10.6 Å². The molecule has 0 aliphatic rings. The highest BCUT2D eigenvalue weighted by atomic mass is 19.1. The number of benzene rings is 3. The summed E-state index contributed by atoms with van der Waals surface area (Å²) in [6, 6.07) is 25.1. The average molecular weight is 504 g/mol. The number of halogens is 1. The third kappa shape index (κ3) is 4.85. The van der Waals surface area contributed by atoms with Gasteiger partial charge in [0.05, 0.1) is 12.1 Å². The molecule has 3 N–H and O–H groups in total. The first-order valence-electron chi connectivity index (χ1n) is 12.0. The summed E-state index contributed by atoms with van der Waals surface area (Å²) in [5, 5.41) is 6.03. The quantitative estimate of drug-likeness (QED) is 0.254. The van der Waals surface area contributed by atoms with Crippen LogP contribution in [0.4, 0.5) is 21.7 Å². The van der Waals surface area contributed by atoms with Gasteiger partial charge in [-0.15, -0.1) is 0 Å². The number of aromatic nitrogens is 5. The Morgan fingerprint density at radius 1 is 0.921 bits per heavy atom. The predicted octanol–water partition coefficient (Wildman–Crippen LogP) is 5.85. The fourth-order valence-corrected chi connectivity index (χ4v) is 4.29. The van der Waals surface area contributed by atoms with Gasteiger partial charge in [-0.1, -0.05) is 48.5 Å². The molecule has 0 radical (unpaired) electrons. The second kappa shape index (κ2) is 9.98. The van der Waals surface area contributed by atoms with Gasteiger partial charge >= 0.3 is 0 Å². The van der Waals surface area contributed by atoms with E-state index in [2.05, 4.69) is 25.6 Å². The monoisotopic (exact) mass is 503 g/mol. The molecule has 0 aliphatic heterocycles. The minimum atomic E-state index is -0.353. The molecule has 0 saturated heterocycles. The number of carbonyl (C=O) groups is 1. The van der Waals surface area contributed by atoms with E-state index in [-0.39, 0.29) is 18.1 Å². The molecule has 38 heavy (non-hydrogen) atoms. The first-order chi connectivity index (χ1) is 18.6. The molecule has 186 valence electrons. The highest BCUT2D eigenvalue weighted by Gasteiger charge is 2.19. The van der Waals surface area contributed by atoms with Crippen LogP contribution in [0, 0.1) is 5.82 Å². The summed E-state index contributed by atoms with van der Waals surface area (Å²) in [4.78, 5) is 29.6. The number of anilines is 3. The van der Waals surface area contributed by atoms with Crippen LogP contribution >= 0.6 is 0 Å². The van der Waals surface area contributed by atoms with Gasteiger partial charge in [-0.05, 0) is 42.0 Å². The summed E-state index contributed by atoms with van der Waals surface area (Å²) in [6.45, 7) is 0. The molecule has 8 nitrogen and oxygen atoms in total. The zero-order valence-corrected chi connectivity index (χ0v) is 20.1. The largest absolute Gasteiger partial charge is 0.330 e. The van der Waals surface area contributed by atoms with Gasteiger partial charge in [0.15, 0.2) is 0 Å². The van der Waals surface area contributed by atoms with Crippen molar-refractivity contribution in [1.82, 2.24) is 24.3 Å². The minimum Gasteiger partial charge on any atom is -0.330 e. The van der Waals surface area contributed by atoms with Gasteiger partial charge in [0.25, 0.3) is 0 Å². The summed E-state index contributed by atoms with van der Waals surface area (Å²) < 4.78 is 15.6. The summed E-state index contributed by atoms with van der Waals surface area (Å²) in [5.41, 5.74) is 5.03. The lowest BCUT2D eigenvalue weighted by molar-refractivity contribution is -0.115. The lowest BCUT2D eigenvalue weighted by atomic mass is 10.1. The van der Waals surface area contributed by atoms with Crippen molar-refractivity contribution in [3.05, 3.63) is 115 Å². The summed E-state index contributed by atoms with van der Waals surface area (Å²) in [7, 11) is 0. The predicted molar refractivity (Wildman–Crippen MR) is 144 cm³/mol. The van der Waals surface area contributed by atoms with E-state index in [9.17, 15) is 9.18 Å². The van der Waals surface area contributed by atoms with Crippen molar-refractivity contribution in [2.75, 3.05) is 10.6 Å². The lowest BCUT2D eigenvalue weighted by Gasteiger charge is -2.10. The van der Waals surface area contributed by atoms with Gasteiger partial charge in [0.2, 0.25) is 17.6 Å². The van der Waals surface area contributed by atoms with Crippen LogP contribution in [0.15, 0.2) is 104 Å². The Bertz CT molecular complexity index is 1740. The third-order valence-corrected chi connectivity index (χ3v) is 5.95. The van der Waals surface area contributed by atoms with Crippen molar-refractivity contribution >= 4 is 29.0 Å². The fraction of sp³-hybridized carbons (Fsp3) is 0.0345. The number of nitrogens with zero attached hydrogens (tertiary/aromatic N) is 4. The van der Waals surface area contributed by atoms with Gasteiger partial charge in [-0.2, -0.15) is 0 Å². The Hall–Kier alpha value is -5.31. The highest BCUT2D eigenvalue weighted by molar-refractivity contribution is 5.93. The number of nitrogens with one attached hydrogen (secondary N) is 3. The van der Waals surface area contributed by atoms with Crippen molar-refractivity contribution in [2.45, 2.75) is 6.42 Å². The summed E-state index contributed by atoms with van der Waals surface area (Å²) in [6.07, 6.45) is 5.59. The van der Waals surface area contributed by atoms with E-state index in [1.807, 2.05) is 65.2 Å². The molecule has 1 amide bonds. The number of imidazole rings is 2. The normalized spacial score (nSPS) is 11.0. The number of aromatic amines is 1. The number of amides is 1. The Kier molecular flexibility index (Phi) is 6.07. The van der Waals surface area contributed by atoms with Crippen LogP contribution in [0.1, 0.15) is 5.56 Å². The molecule has 6 aromatic rings. The van der Waals surface area contributed by atoms with E-state index >= 15 is 0 Å². The minimum absolute atomic E-state index is 0.102. The molecule has 9 heteroatoms. The Morgan fingerprint density at radius 2 is 1.76 bits per heavy atom. The molecular formula is C29H22FN7O.